The highest BCUT2D eigenvalue weighted by Gasteiger charge is 2.24. The van der Waals surface area contributed by atoms with Crippen LogP contribution in [0.1, 0.15) is 5.56 Å². The topological polar surface area (TPSA) is 68.3 Å². The first kappa shape index (κ1) is 13.3. The molecule has 0 atom stereocenters. The average molecular weight is 305 g/mol. The molecule has 0 fully saturated rings. The van der Waals surface area contributed by atoms with E-state index in [0.29, 0.717) is 5.02 Å². The lowest BCUT2D eigenvalue weighted by Crippen LogP contribution is -2.06. The molecule has 0 saturated carbocycles. The van der Waals surface area contributed by atoms with E-state index in [-0.39, 0.29) is 16.2 Å². The first-order valence-corrected chi connectivity index (χ1v) is 8.56. The van der Waals surface area contributed by atoms with E-state index in [9.17, 15) is 16.8 Å². The van der Waals surface area contributed by atoms with Crippen molar-refractivity contribution in [1.29, 1.82) is 0 Å². The van der Waals surface area contributed by atoms with Gasteiger partial charge in [-0.3, -0.25) is 0 Å². The maximum absolute atomic E-state index is 12.0. The molecule has 0 N–H and O–H groups in total. The van der Waals surface area contributed by atoms with Gasteiger partial charge < -0.3 is 0 Å². The van der Waals surface area contributed by atoms with Gasteiger partial charge in [-0.25, -0.2) is 16.8 Å². The first-order valence-electron chi connectivity index (χ1n) is 4.92. The van der Waals surface area contributed by atoms with E-state index >= 15 is 0 Å². The molecule has 2 rings (SSSR count). The third kappa shape index (κ3) is 2.82. The van der Waals surface area contributed by atoms with Crippen molar-refractivity contribution in [3.05, 3.63) is 51.7 Å². The van der Waals surface area contributed by atoms with Gasteiger partial charge in [-0.05, 0) is 17.7 Å². The highest BCUT2D eigenvalue weighted by atomic mass is 35.5. The molecule has 0 amide bonds. The molecule has 0 radical (unpaired) electrons. The number of halogens is 1. The number of sulfone groups is 2. The summed E-state index contributed by atoms with van der Waals surface area (Å²) in [7, 11) is -7.33. The summed E-state index contributed by atoms with van der Waals surface area (Å²) in [6, 6.07) is 6.09. The second-order valence-corrected chi connectivity index (χ2v) is 7.86. The molecule has 0 aromatic heterocycles. The lowest BCUT2D eigenvalue weighted by atomic mass is 10.2. The van der Waals surface area contributed by atoms with E-state index in [1.54, 1.807) is 12.1 Å². The third-order valence-electron chi connectivity index (χ3n) is 2.32. The molecule has 0 unspecified atom stereocenters. The Labute approximate surface area is 110 Å². The monoisotopic (exact) mass is 304 g/mol. The summed E-state index contributed by atoms with van der Waals surface area (Å²) in [4.78, 5) is -0.227. The van der Waals surface area contributed by atoms with Crippen molar-refractivity contribution in [1.82, 2.24) is 0 Å². The van der Waals surface area contributed by atoms with E-state index < -0.39 is 19.7 Å². The van der Waals surface area contributed by atoms with Gasteiger partial charge in [0.15, 0.2) is 19.7 Å². The Hall–Kier alpha value is -1.11. The summed E-state index contributed by atoms with van der Waals surface area (Å²) in [5.41, 5.74) is 0.273. The van der Waals surface area contributed by atoms with Crippen LogP contribution in [-0.2, 0) is 19.7 Å². The minimum Gasteiger partial charge on any atom is -0.223 e. The standard InChI is InChI=1S/C11H9ClO4S2/c12-10-4-1-3-9(7-10)11-8-17(13,14)5-2-6-18(11,15)16/h1-5,7-8H,6H2. The van der Waals surface area contributed by atoms with Crippen LogP contribution in [0.5, 0.6) is 0 Å². The second-order valence-electron chi connectivity index (χ2n) is 3.73. The Kier molecular flexibility index (Phi) is 3.35. The van der Waals surface area contributed by atoms with E-state index in [4.69, 9.17) is 11.6 Å². The molecular weight excluding hydrogens is 296 g/mol. The van der Waals surface area contributed by atoms with Crippen LogP contribution in [0.4, 0.5) is 0 Å². The largest absolute Gasteiger partial charge is 0.223 e. The van der Waals surface area contributed by atoms with Crippen LogP contribution in [0.25, 0.3) is 4.91 Å². The summed E-state index contributed by atoms with van der Waals surface area (Å²) < 4.78 is 47.1. The average Bonchev–Trinajstić information content (AvgIpc) is 2.35. The van der Waals surface area contributed by atoms with Gasteiger partial charge in [-0.15, -0.1) is 0 Å². The van der Waals surface area contributed by atoms with Crippen LogP contribution in [0.15, 0.2) is 41.2 Å². The lowest BCUT2D eigenvalue weighted by Gasteiger charge is -2.06. The Bertz CT molecular complexity index is 743. The van der Waals surface area contributed by atoms with Gasteiger partial charge in [-0.2, -0.15) is 0 Å². The first-order chi connectivity index (χ1) is 8.30. The van der Waals surface area contributed by atoms with Crippen LogP contribution >= 0.6 is 11.6 Å². The van der Waals surface area contributed by atoms with Crippen molar-refractivity contribution in [2.24, 2.45) is 0 Å². The van der Waals surface area contributed by atoms with Gasteiger partial charge >= 0.3 is 0 Å². The van der Waals surface area contributed by atoms with Gasteiger partial charge in [0.1, 0.15) is 0 Å². The molecular formula is C11H9ClO4S2. The second kappa shape index (κ2) is 4.53. The van der Waals surface area contributed by atoms with Gasteiger partial charge in [-0.1, -0.05) is 29.8 Å². The SMILES string of the molecule is O=S1(=O)C=CCS(=O)(=O)C(c2cccc(Cl)c2)=C1. The molecule has 1 aromatic carbocycles. The van der Waals surface area contributed by atoms with Crippen LogP contribution in [0.3, 0.4) is 0 Å². The molecule has 1 heterocycles. The number of hydrogen-bond acceptors (Lipinski definition) is 4. The summed E-state index contributed by atoms with van der Waals surface area (Å²) in [6.07, 6.45) is 1.12. The predicted octanol–water partition coefficient (Wildman–Crippen LogP) is 2.00. The van der Waals surface area contributed by atoms with Crippen LogP contribution < -0.4 is 0 Å². The molecule has 0 saturated heterocycles. The molecule has 1 aliphatic heterocycles. The highest BCUT2D eigenvalue weighted by Crippen LogP contribution is 2.27. The molecule has 0 spiro atoms. The molecule has 0 aliphatic carbocycles. The highest BCUT2D eigenvalue weighted by molar-refractivity contribution is 8.04. The van der Waals surface area contributed by atoms with Crippen LogP contribution in [-0.4, -0.2) is 22.6 Å². The number of rotatable bonds is 1. The van der Waals surface area contributed by atoms with Gasteiger partial charge in [0.05, 0.1) is 16.1 Å². The molecule has 0 bridgehead atoms. The smallest absolute Gasteiger partial charge is 0.194 e. The Morgan fingerprint density at radius 2 is 1.83 bits per heavy atom. The minimum atomic E-state index is -3.67. The Morgan fingerprint density at radius 3 is 2.50 bits per heavy atom. The summed E-state index contributed by atoms with van der Waals surface area (Å²) >= 11 is 5.78. The third-order valence-corrected chi connectivity index (χ3v) is 5.49. The van der Waals surface area contributed by atoms with Crippen molar-refractivity contribution in [2.45, 2.75) is 0 Å². The predicted molar refractivity (Wildman–Crippen MR) is 71.3 cm³/mol. The van der Waals surface area contributed by atoms with Crippen molar-refractivity contribution in [3.8, 4) is 0 Å². The fraction of sp³-hybridized carbons (Fsp3) is 0.0909. The molecule has 7 heteroatoms. The number of benzene rings is 1. The summed E-state index contributed by atoms with van der Waals surface area (Å²) in [5.74, 6) is -0.343. The van der Waals surface area contributed by atoms with E-state index in [1.807, 2.05) is 0 Å². The Morgan fingerprint density at radius 1 is 1.11 bits per heavy atom. The van der Waals surface area contributed by atoms with Gasteiger partial charge in [0, 0.05) is 10.4 Å². The maximum atomic E-state index is 12.0. The molecule has 4 nitrogen and oxygen atoms in total. The zero-order valence-electron chi connectivity index (χ0n) is 9.08. The van der Waals surface area contributed by atoms with Crippen molar-refractivity contribution >= 4 is 36.2 Å². The molecule has 18 heavy (non-hydrogen) atoms. The van der Waals surface area contributed by atoms with Gasteiger partial charge in [0.2, 0.25) is 0 Å². The minimum absolute atomic E-state index is 0.227. The van der Waals surface area contributed by atoms with Gasteiger partial charge in [0.25, 0.3) is 0 Å². The molecule has 1 aromatic rings. The van der Waals surface area contributed by atoms with Crippen molar-refractivity contribution in [3.63, 3.8) is 0 Å². The summed E-state index contributed by atoms with van der Waals surface area (Å²) in [5, 5.41) is 2.00. The zero-order valence-corrected chi connectivity index (χ0v) is 11.5. The normalized spacial score (nSPS) is 21.1. The Balaban J connectivity index is 2.71. The number of hydrogen-bond donors (Lipinski definition) is 0. The molecule has 96 valence electrons. The quantitative estimate of drug-likeness (QED) is 0.796. The van der Waals surface area contributed by atoms with E-state index in [1.165, 1.54) is 12.1 Å². The molecule has 1 aliphatic rings. The van der Waals surface area contributed by atoms with Crippen LogP contribution in [0, 0.1) is 0 Å². The fourth-order valence-corrected chi connectivity index (χ4v) is 4.73. The van der Waals surface area contributed by atoms with Crippen molar-refractivity contribution < 1.29 is 16.8 Å². The lowest BCUT2D eigenvalue weighted by molar-refractivity contribution is 0.607. The maximum Gasteiger partial charge on any atom is 0.194 e. The zero-order chi connectivity index (χ0) is 13.4. The van der Waals surface area contributed by atoms with E-state index in [0.717, 1.165) is 16.9 Å². The van der Waals surface area contributed by atoms with Crippen LogP contribution in [0.2, 0.25) is 5.02 Å². The fourth-order valence-electron chi connectivity index (χ4n) is 1.54. The van der Waals surface area contributed by atoms with E-state index in [2.05, 4.69) is 0 Å². The van der Waals surface area contributed by atoms with Crippen molar-refractivity contribution in [2.75, 3.05) is 5.75 Å². The summed E-state index contributed by atoms with van der Waals surface area (Å²) in [6.45, 7) is 0.